The summed E-state index contributed by atoms with van der Waals surface area (Å²) in [6.45, 7) is 0. The highest BCUT2D eigenvalue weighted by molar-refractivity contribution is 5.24. The van der Waals surface area contributed by atoms with Crippen LogP contribution in [-0.2, 0) is 0 Å². The third-order valence-electron chi connectivity index (χ3n) is 2.50. The van der Waals surface area contributed by atoms with Gasteiger partial charge in [-0.3, -0.25) is 0 Å². The average Bonchev–Trinajstić information content (AvgIpc) is 2.85. The highest BCUT2D eigenvalue weighted by atomic mass is 16.3. The van der Waals surface area contributed by atoms with Crippen LogP contribution in [0.2, 0.25) is 0 Å². The van der Waals surface area contributed by atoms with Crippen molar-refractivity contribution >= 4 is 0 Å². The second kappa shape index (κ2) is 2.57. The fraction of sp³-hybridized carbons (Fsp3) is 0.400. The molecule has 1 fully saturated rings. The van der Waals surface area contributed by atoms with Crippen molar-refractivity contribution in [2.24, 2.45) is 5.73 Å². The van der Waals surface area contributed by atoms with Crippen molar-refractivity contribution in [3.8, 4) is 0 Å². The molecule has 1 atom stereocenters. The fourth-order valence-corrected chi connectivity index (χ4v) is 1.41. The van der Waals surface area contributed by atoms with Crippen LogP contribution in [0.1, 0.15) is 24.4 Å². The van der Waals surface area contributed by atoms with Crippen LogP contribution in [0.3, 0.4) is 0 Å². The summed E-state index contributed by atoms with van der Waals surface area (Å²) in [5, 5.41) is 9.73. The minimum atomic E-state index is -0.610. The normalized spacial score (nSPS) is 21.8. The summed E-state index contributed by atoms with van der Waals surface area (Å²) < 4.78 is 0. The summed E-state index contributed by atoms with van der Waals surface area (Å²) >= 11 is 0. The molecule has 1 saturated carbocycles. The first kappa shape index (κ1) is 7.77. The van der Waals surface area contributed by atoms with Crippen LogP contribution in [0.4, 0.5) is 0 Å². The Bertz CT molecular complexity index is 266. The van der Waals surface area contributed by atoms with Crippen LogP contribution in [0.25, 0.3) is 0 Å². The molecule has 1 aromatic rings. The molecule has 1 aromatic carbocycles. The maximum Gasteiger partial charge on any atom is 0.0841 e. The third kappa shape index (κ3) is 1.24. The van der Waals surface area contributed by atoms with Crippen molar-refractivity contribution in [3.63, 3.8) is 0 Å². The van der Waals surface area contributed by atoms with Crippen LogP contribution in [0, 0.1) is 0 Å². The van der Waals surface area contributed by atoms with Gasteiger partial charge in [0.2, 0.25) is 0 Å². The summed E-state index contributed by atoms with van der Waals surface area (Å²) in [6, 6.07) is 9.55. The molecule has 64 valence electrons. The van der Waals surface area contributed by atoms with E-state index < -0.39 is 5.60 Å². The summed E-state index contributed by atoms with van der Waals surface area (Å²) in [4.78, 5) is 0. The largest absolute Gasteiger partial charge is 0.388 e. The lowest BCUT2D eigenvalue weighted by Crippen LogP contribution is -2.27. The van der Waals surface area contributed by atoms with Crippen molar-refractivity contribution < 1.29 is 5.11 Å². The van der Waals surface area contributed by atoms with E-state index in [4.69, 9.17) is 5.73 Å². The average molecular weight is 163 g/mol. The SMILES string of the molecule is NC(c1ccccc1)C1(O)CC1. The number of aliphatic hydroxyl groups is 1. The Balaban J connectivity index is 2.20. The topological polar surface area (TPSA) is 46.2 Å². The standard InChI is InChI=1S/C10H13NO/c11-9(10(12)6-7-10)8-4-2-1-3-5-8/h1-5,9,12H,6-7,11H2. The molecule has 0 spiro atoms. The summed E-state index contributed by atoms with van der Waals surface area (Å²) in [5.74, 6) is 0. The molecule has 0 aliphatic heterocycles. The Kier molecular flexibility index (Phi) is 1.67. The molecule has 1 aliphatic rings. The van der Waals surface area contributed by atoms with Crippen LogP contribution in [0.15, 0.2) is 30.3 Å². The monoisotopic (exact) mass is 163 g/mol. The fourth-order valence-electron chi connectivity index (χ4n) is 1.41. The third-order valence-corrected chi connectivity index (χ3v) is 2.50. The molecule has 1 unspecified atom stereocenters. The second-order valence-corrected chi connectivity index (χ2v) is 3.49. The Morgan fingerprint density at radius 1 is 1.25 bits per heavy atom. The van der Waals surface area contributed by atoms with Crippen LogP contribution in [-0.4, -0.2) is 10.7 Å². The van der Waals surface area contributed by atoms with E-state index in [0.717, 1.165) is 18.4 Å². The van der Waals surface area contributed by atoms with Gasteiger partial charge >= 0.3 is 0 Å². The highest BCUT2D eigenvalue weighted by Gasteiger charge is 2.46. The van der Waals surface area contributed by atoms with Crippen LogP contribution < -0.4 is 5.73 Å². The Labute approximate surface area is 72.0 Å². The first-order valence-electron chi connectivity index (χ1n) is 4.25. The molecule has 0 amide bonds. The van der Waals surface area contributed by atoms with Gasteiger partial charge in [0.25, 0.3) is 0 Å². The summed E-state index contributed by atoms with van der Waals surface area (Å²) in [6.07, 6.45) is 1.67. The lowest BCUT2D eigenvalue weighted by Gasteiger charge is -2.17. The number of benzene rings is 1. The summed E-state index contributed by atoms with van der Waals surface area (Å²) in [7, 11) is 0. The maximum absolute atomic E-state index is 9.73. The predicted octanol–water partition coefficient (Wildman–Crippen LogP) is 1.21. The number of hydrogen-bond acceptors (Lipinski definition) is 2. The zero-order valence-electron chi connectivity index (χ0n) is 6.90. The van der Waals surface area contributed by atoms with E-state index in [9.17, 15) is 5.11 Å². The zero-order valence-corrected chi connectivity index (χ0v) is 6.90. The first-order valence-corrected chi connectivity index (χ1v) is 4.25. The molecule has 1 aliphatic carbocycles. The van der Waals surface area contributed by atoms with E-state index >= 15 is 0 Å². The van der Waals surface area contributed by atoms with Gasteiger partial charge in [0.15, 0.2) is 0 Å². The van der Waals surface area contributed by atoms with Gasteiger partial charge in [0, 0.05) is 0 Å². The molecular formula is C10H13NO. The Morgan fingerprint density at radius 3 is 2.33 bits per heavy atom. The van der Waals surface area contributed by atoms with Crippen molar-refractivity contribution in [2.75, 3.05) is 0 Å². The second-order valence-electron chi connectivity index (χ2n) is 3.49. The van der Waals surface area contributed by atoms with Gasteiger partial charge < -0.3 is 10.8 Å². The smallest absolute Gasteiger partial charge is 0.0841 e. The highest BCUT2D eigenvalue weighted by Crippen LogP contribution is 2.44. The molecular weight excluding hydrogens is 150 g/mol. The molecule has 0 heterocycles. The molecule has 0 saturated heterocycles. The van der Waals surface area contributed by atoms with Crippen molar-refractivity contribution in [3.05, 3.63) is 35.9 Å². The van der Waals surface area contributed by atoms with Gasteiger partial charge in [-0.25, -0.2) is 0 Å². The minimum absolute atomic E-state index is 0.210. The maximum atomic E-state index is 9.73. The molecule has 3 N–H and O–H groups in total. The number of nitrogens with two attached hydrogens (primary N) is 1. The zero-order chi connectivity index (χ0) is 8.60. The molecule has 0 bridgehead atoms. The molecule has 2 nitrogen and oxygen atoms in total. The van der Waals surface area contributed by atoms with Gasteiger partial charge in [-0.2, -0.15) is 0 Å². The van der Waals surface area contributed by atoms with Crippen molar-refractivity contribution in [1.29, 1.82) is 0 Å². The van der Waals surface area contributed by atoms with Gasteiger partial charge in [0.05, 0.1) is 11.6 Å². The predicted molar refractivity (Wildman–Crippen MR) is 47.6 cm³/mol. The van der Waals surface area contributed by atoms with E-state index in [0.29, 0.717) is 0 Å². The van der Waals surface area contributed by atoms with Gasteiger partial charge in [-0.15, -0.1) is 0 Å². The first-order chi connectivity index (χ1) is 5.72. The molecule has 12 heavy (non-hydrogen) atoms. The van der Waals surface area contributed by atoms with E-state index in [-0.39, 0.29) is 6.04 Å². The lowest BCUT2D eigenvalue weighted by molar-refractivity contribution is 0.120. The minimum Gasteiger partial charge on any atom is -0.388 e. The van der Waals surface area contributed by atoms with Gasteiger partial charge in [0.1, 0.15) is 0 Å². The Morgan fingerprint density at radius 2 is 1.83 bits per heavy atom. The molecule has 0 aromatic heterocycles. The molecule has 2 rings (SSSR count). The summed E-state index contributed by atoms with van der Waals surface area (Å²) in [5.41, 5.74) is 6.30. The number of hydrogen-bond donors (Lipinski definition) is 2. The van der Waals surface area contributed by atoms with E-state index in [2.05, 4.69) is 0 Å². The molecule has 2 heteroatoms. The van der Waals surface area contributed by atoms with Gasteiger partial charge in [-0.05, 0) is 18.4 Å². The van der Waals surface area contributed by atoms with Crippen molar-refractivity contribution in [1.82, 2.24) is 0 Å². The van der Waals surface area contributed by atoms with E-state index in [1.165, 1.54) is 0 Å². The Hall–Kier alpha value is -0.860. The lowest BCUT2D eigenvalue weighted by atomic mass is 10.0. The van der Waals surface area contributed by atoms with Crippen molar-refractivity contribution in [2.45, 2.75) is 24.5 Å². The van der Waals surface area contributed by atoms with E-state index in [1.807, 2.05) is 30.3 Å². The number of rotatable bonds is 2. The van der Waals surface area contributed by atoms with Crippen LogP contribution in [0.5, 0.6) is 0 Å². The quantitative estimate of drug-likeness (QED) is 0.688. The van der Waals surface area contributed by atoms with E-state index in [1.54, 1.807) is 0 Å². The molecule has 0 radical (unpaired) electrons. The van der Waals surface area contributed by atoms with Crippen LogP contribution >= 0.6 is 0 Å². The van der Waals surface area contributed by atoms with Gasteiger partial charge in [-0.1, -0.05) is 30.3 Å².